The zero-order valence-electron chi connectivity index (χ0n) is 11.4. The van der Waals surface area contributed by atoms with Crippen LogP contribution in [-0.4, -0.2) is 44.1 Å². The van der Waals surface area contributed by atoms with Crippen molar-refractivity contribution in [3.63, 3.8) is 0 Å². The van der Waals surface area contributed by atoms with Crippen LogP contribution in [0, 0.1) is 0 Å². The Morgan fingerprint density at radius 3 is 2.80 bits per heavy atom. The molecule has 7 heteroatoms. The fourth-order valence-electron chi connectivity index (χ4n) is 2.10. The van der Waals surface area contributed by atoms with E-state index in [0.717, 1.165) is 0 Å². The molecule has 2 aromatic rings. The monoisotopic (exact) mass is 276 g/mol. The molecule has 20 heavy (non-hydrogen) atoms. The molecule has 1 heterocycles. The Morgan fingerprint density at radius 2 is 2.15 bits per heavy atom. The zero-order chi connectivity index (χ0) is 14.7. The molecule has 0 spiro atoms. The fraction of sp³-hybridized carbons (Fsp3) is 0.385. The first-order valence-corrected chi connectivity index (χ1v) is 6.30. The summed E-state index contributed by atoms with van der Waals surface area (Å²) in [6.07, 6.45) is 0.446. The molecule has 2 rings (SSSR count). The third kappa shape index (κ3) is 2.67. The van der Waals surface area contributed by atoms with Gasteiger partial charge in [0.25, 0.3) is 5.56 Å². The first-order chi connectivity index (χ1) is 9.54. The standard InChI is InChI=1S/C13H16N4O3/c1-3-11(13(19)20)16(2)8-17-12(18)9-6-4-5-7-10(9)14-15-17/h4-7,11H,3,8H2,1-2H3,(H,19,20). The molecule has 106 valence electrons. The van der Waals surface area contributed by atoms with Crippen LogP contribution in [0.1, 0.15) is 13.3 Å². The molecule has 7 nitrogen and oxygen atoms in total. The topological polar surface area (TPSA) is 88.3 Å². The first-order valence-electron chi connectivity index (χ1n) is 6.30. The number of aliphatic carboxylic acids is 1. The average molecular weight is 276 g/mol. The largest absolute Gasteiger partial charge is 0.480 e. The number of carbonyl (C=O) groups is 1. The highest BCUT2D eigenvalue weighted by Crippen LogP contribution is 2.05. The van der Waals surface area contributed by atoms with Gasteiger partial charge in [0.2, 0.25) is 0 Å². The molecule has 0 fully saturated rings. The van der Waals surface area contributed by atoms with Gasteiger partial charge < -0.3 is 5.11 Å². The summed E-state index contributed by atoms with van der Waals surface area (Å²) in [5.74, 6) is -0.920. The summed E-state index contributed by atoms with van der Waals surface area (Å²) < 4.78 is 1.17. The summed E-state index contributed by atoms with van der Waals surface area (Å²) in [6, 6.07) is 6.27. The van der Waals surface area contributed by atoms with Crippen molar-refractivity contribution in [2.45, 2.75) is 26.1 Å². The first kappa shape index (κ1) is 14.1. The van der Waals surface area contributed by atoms with Crippen molar-refractivity contribution in [1.82, 2.24) is 19.9 Å². The molecule has 1 aromatic heterocycles. The van der Waals surface area contributed by atoms with E-state index in [-0.39, 0.29) is 12.2 Å². The number of benzene rings is 1. The number of carboxylic acids is 1. The van der Waals surface area contributed by atoms with Crippen molar-refractivity contribution in [3.05, 3.63) is 34.6 Å². The van der Waals surface area contributed by atoms with Gasteiger partial charge in [-0.25, -0.2) is 0 Å². The number of hydrogen-bond donors (Lipinski definition) is 1. The van der Waals surface area contributed by atoms with Crippen molar-refractivity contribution in [2.75, 3.05) is 7.05 Å². The third-order valence-electron chi connectivity index (χ3n) is 3.19. The molecule has 0 bridgehead atoms. The summed E-state index contributed by atoms with van der Waals surface area (Å²) in [5, 5.41) is 17.4. The molecule has 0 saturated heterocycles. The lowest BCUT2D eigenvalue weighted by molar-refractivity contribution is -0.143. The predicted octanol–water partition coefficient (Wildman–Crippen LogP) is 0.544. The minimum atomic E-state index is -0.920. The molecule has 0 aliphatic heterocycles. The second-order valence-electron chi connectivity index (χ2n) is 4.57. The van der Waals surface area contributed by atoms with E-state index in [1.807, 2.05) is 0 Å². The minimum absolute atomic E-state index is 0.0848. The molecule has 0 saturated carbocycles. The number of rotatable bonds is 5. The maximum absolute atomic E-state index is 12.2. The average Bonchev–Trinajstić information content (AvgIpc) is 2.42. The number of carboxylic acid groups (broad SMARTS) is 1. The Balaban J connectivity index is 2.32. The summed E-state index contributed by atoms with van der Waals surface area (Å²) in [5.41, 5.74) is 0.254. The summed E-state index contributed by atoms with van der Waals surface area (Å²) >= 11 is 0. The smallest absolute Gasteiger partial charge is 0.320 e. The fourth-order valence-corrected chi connectivity index (χ4v) is 2.10. The number of fused-ring (bicyclic) bond motifs is 1. The Kier molecular flexibility index (Phi) is 4.09. The van der Waals surface area contributed by atoms with E-state index in [0.29, 0.717) is 17.3 Å². The summed E-state index contributed by atoms with van der Waals surface area (Å²) in [7, 11) is 1.64. The van der Waals surface area contributed by atoms with E-state index >= 15 is 0 Å². The molecule has 0 aliphatic rings. The van der Waals surface area contributed by atoms with Crippen LogP contribution in [0.15, 0.2) is 29.1 Å². The van der Waals surface area contributed by atoms with E-state index in [1.54, 1.807) is 43.1 Å². The Bertz CT molecular complexity index is 683. The number of likely N-dealkylation sites (N-methyl/N-ethyl adjacent to an activating group) is 1. The predicted molar refractivity (Wildman–Crippen MR) is 73.3 cm³/mol. The van der Waals surface area contributed by atoms with E-state index in [9.17, 15) is 9.59 Å². The normalized spacial score (nSPS) is 12.8. The van der Waals surface area contributed by atoms with Gasteiger partial charge in [0.05, 0.1) is 12.1 Å². The molecule has 1 unspecified atom stereocenters. The Morgan fingerprint density at radius 1 is 1.45 bits per heavy atom. The van der Waals surface area contributed by atoms with Gasteiger partial charge in [-0.3, -0.25) is 14.5 Å². The van der Waals surface area contributed by atoms with Crippen molar-refractivity contribution in [3.8, 4) is 0 Å². The number of nitrogens with zero attached hydrogens (tertiary/aromatic N) is 4. The van der Waals surface area contributed by atoms with Gasteiger partial charge in [0.15, 0.2) is 0 Å². The highest BCUT2D eigenvalue weighted by molar-refractivity contribution is 5.76. The molecular formula is C13H16N4O3. The van der Waals surface area contributed by atoms with E-state index in [4.69, 9.17) is 5.11 Å². The van der Waals surface area contributed by atoms with Crippen LogP contribution in [0.3, 0.4) is 0 Å². The van der Waals surface area contributed by atoms with Gasteiger partial charge in [-0.15, -0.1) is 5.10 Å². The van der Waals surface area contributed by atoms with Gasteiger partial charge in [0, 0.05) is 0 Å². The van der Waals surface area contributed by atoms with Crippen LogP contribution in [0.2, 0.25) is 0 Å². The van der Waals surface area contributed by atoms with Gasteiger partial charge in [-0.1, -0.05) is 24.3 Å². The summed E-state index contributed by atoms with van der Waals surface area (Å²) in [6.45, 7) is 1.87. The summed E-state index contributed by atoms with van der Waals surface area (Å²) in [4.78, 5) is 24.9. The molecule has 1 atom stereocenters. The lowest BCUT2D eigenvalue weighted by atomic mass is 10.2. The van der Waals surface area contributed by atoms with Crippen LogP contribution in [0.4, 0.5) is 0 Å². The van der Waals surface area contributed by atoms with Crippen LogP contribution in [0.5, 0.6) is 0 Å². The van der Waals surface area contributed by atoms with E-state index in [2.05, 4.69) is 10.3 Å². The lowest BCUT2D eigenvalue weighted by Crippen LogP contribution is -2.42. The number of aromatic nitrogens is 3. The molecule has 1 aromatic carbocycles. The van der Waals surface area contributed by atoms with E-state index in [1.165, 1.54) is 4.68 Å². The second kappa shape index (κ2) is 5.79. The minimum Gasteiger partial charge on any atom is -0.480 e. The number of hydrogen-bond acceptors (Lipinski definition) is 5. The molecule has 0 radical (unpaired) electrons. The van der Waals surface area contributed by atoms with E-state index < -0.39 is 12.0 Å². The van der Waals surface area contributed by atoms with Crippen molar-refractivity contribution in [1.29, 1.82) is 0 Å². The van der Waals surface area contributed by atoms with Gasteiger partial charge in [-0.05, 0) is 25.6 Å². The van der Waals surface area contributed by atoms with Gasteiger partial charge in [-0.2, -0.15) is 4.68 Å². The molecule has 1 N–H and O–H groups in total. The zero-order valence-corrected chi connectivity index (χ0v) is 11.4. The molecule has 0 aliphatic carbocycles. The molecule has 0 amide bonds. The van der Waals surface area contributed by atoms with Crippen molar-refractivity contribution < 1.29 is 9.90 Å². The van der Waals surface area contributed by atoms with Crippen LogP contribution in [-0.2, 0) is 11.5 Å². The maximum Gasteiger partial charge on any atom is 0.320 e. The van der Waals surface area contributed by atoms with Gasteiger partial charge >= 0.3 is 5.97 Å². The SMILES string of the molecule is CCC(C(=O)O)N(C)Cn1nnc2ccccc2c1=O. The van der Waals surface area contributed by atoms with Crippen LogP contribution < -0.4 is 5.56 Å². The Labute approximate surface area is 115 Å². The maximum atomic E-state index is 12.2. The van der Waals surface area contributed by atoms with Gasteiger partial charge in [0.1, 0.15) is 11.6 Å². The Hall–Kier alpha value is -2.28. The second-order valence-corrected chi connectivity index (χ2v) is 4.57. The van der Waals surface area contributed by atoms with Crippen molar-refractivity contribution in [2.24, 2.45) is 0 Å². The third-order valence-corrected chi connectivity index (χ3v) is 3.19. The molecular weight excluding hydrogens is 260 g/mol. The highest BCUT2D eigenvalue weighted by atomic mass is 16.4. The van der Waals surface area contributed by atoms with Crippen LogP contribution in [0.25, 0.3) is 10.9 Å². The lowest BCUT2D eigenvalue weighted by Gasteiger charge is -2.23. The highest BCUT2D eigenvalue weighted by Gasteiger charge is 2.21. The van der Waals surface area contributed by atoms with Crippen molar-refractivity contribution >= 4 is 16.9 Å². The van der Waals surface area contributed by atoms with Crippen LogP contribution >= 0.6 is 0 Å². The quantitative estimate of drug-likeness (QED) is 0.857.